The summed E-state index contributed by atoms with van der Waals surface area (Å²) in [6, 6.07) is 7.01. The number of aliphatic hydroxyl groups is 1. The Hall–Kier alpha value is -1.93. The van der Waals surface area contributed by atoms with Crippen molar-refractivity contribution in [3.8, 4) is 0 Å². The number of aliphatic hydroxyl groups excluding tert-OH is 1. The minimum atomic E-state index is -0.542. The van der Waals surface area contributed by atoms with Gasteiger partial charge in [0, 0.05) is 39.8 Å². The first kappa shape index (κ1) is 23.5. The molecule has 1 aromatic rings. The highest BCUT2D eigenvalue weighted by molar-refractivity contribution is 6.30. The van der Waals surface area contributed by atoms with Crippen molar-refractivity contribution < 1.29 is 24.5 Å². The van der Waals surface area contributed by atoms with Crippen LogP contribution < -0.4 is 5.32 Å². The molecule has 4 fully saturated rings. The third-order valence-corrected chi connectivity index (χ3v) is 10.1. The molecule has 2 spiro atoms. The van der Waals surface area contributed by atoms with E-state index in [1.807, 2.05) is 0 Å². The van der Waals surface area contributed by atoms with Crippen molar-refractivity contribution in [1.29, 1.82) is 0 Å². The Balaban J connectivity index is 1.19. The monoisotopic (exact) mass is 500 g/mol. The Morgan fingerprint density at radius 3 is 2.83 bits per heavy atom. The van der Waals surface area contributed by atoms with Crippen LogP contribution in [0.5, 0.6) is 0 Å². The molecule has 1 saturated heterocycles. The summed E-state index contributed by atoms with van der Waals surface area (Å²) in [4.78, 5) is 30.4. The van der Waals surface area contributed by atoms with Crippen LogP contribution in [-0.4, -0.2) is 40.6 Å². The Kier molecular flexibility index (Phi) is 5.39. The van der Waals surface area contributed by atoms with Crippen LogP contribution in [0.4, 0.5) is 5.69 Å². The molecule has 2 N–H and O–H groups in total. The molecule has 1 amide bonds. The van der Waals surface area contributed by atoms with E-state index in [0.29, 0.717) is 23.0 Å². The standard InChI is InChI=1S/C27H33ClN2O5/c1-24-10-9-21-25(2)11-8-19(31)15-26(25)12-13-27(21,35-34-26)20(24)6-7-22(24)30-33-16-23(32)29-18-5-3-4-17(28)14-18/h3-5,12-14,19-21,31H,6-11,15-16H2,1-2H3,(H,29,32)/b30-22+/t19-,20+,21-,24-,25+,26+,27-/m0/s1. The average Bonchev–Trinajstić information content (AvgIpc) is 3.16. The smallest absolute Gasteiger partial charge is 0.265 e. The lowest BCUT2D eigenvalue weighted by Gasteiger charge is -2.69. The van der Waals surface area contributed by atoms with Gasteiger partial charge in [0.05, 0.1) is 11.8 Å². The lowest BCUT2D eigenvalue weighted by atomic mass is 9.43. The molecule has 188 valence electrons. The number of anilines is 1. The summed E-state index contributed by atoms with van der Waals surface area (Å²) < 4.78 is 0. The lowest BCUT2D eigenvalue weighted by Crippen LogP contribution is -2.73. The van der Waals surface area contributed by atoms with E-state index >= 15 is 0 Å². The minimum absolute atomic E-state index is 0.0601. The Bertz CT molecular complexity index is 1110. The molecule has 6 aliphatic rings. The number of fused-ring (bicyclic) bond motifs is 2. The highest BCUT2D eigenvalue weighted by atomic mass is 35.5. The Morgan fingerprint density at radius 2 is 2.06 bits per heavy atom. The van der Waals surface area contributed by atoms with Gasteiger partial charge in [-0.3, -0.25) is 4.79 Å². The van der Waals surface area contributed by atoms with Gasteiger partial charge in [-0.1, -0.05) is 42.7 Å². The Labute approximate surface area is 210 Å². The molecule has 2 heterocycles. The van der Waals surface area contributed by atoms with E-state index in [0.717, 1.165) is 44.2 Å². The van der Waals surface area contributed by atoms with Crippen LogP contribution in [0.2, 0.25) is 5.02 Å². The van der Waals surface area contributed by atoms with Gasteiger partial charge in [-0.15, -0.1) is 0 Å². The van der Waals surface area contributed by atoms with Crippen LogP contribution in [0.1, 0.15) is 58.8 Å². The van der Waals surface area contributed by atoms with Gasteiger partial charge in [-0.2, -0.15) is 0 Å². The molecule has 7 nitrogen and oxygen atoms in total. The second-order valence-electron chi connectivity index (χ2n) is 11.5. The number of halogens is 1. The molecular weight excluding hydrogens is 468 g/mol. The fraction of sp³-hybridized carbons (Fsp3) is 0.630. The molecule has 2 bridgehead atoms. The summed E-state index contributed by atoms with van der Waals surface area (Å²) in [6.45, 7) is 4.43. The highest BCUT2D eigenvalue weighted by Gasteiger charge is 2.74. The van der Waals surface area contributed by atoms with Crippen molar-refractivity contribution in [3.63, 3.8) is 0 Å². The molecule has 7 rings (SSSR count). The summed E-state index contributed by atoms with van der Waals surface area (Å²) in [5.74, 6) is 0.277. The van der Waals surface area contributed by atoms with Crippen LogP contribution in [0.15, 0.2) is 41.6 Å². The predicted molar refractivity (Wildman–Crippen MR) is 132 cm³/mol. The number of rotatable bonds is 4. The zero-order chi connectivity index (χ0) is 24.5. The molecule has 3 saturated carbocycles. The van der Waals surface area contributed by atoms with Crippen LogP contribution in [0, 0.1) is 22.7 Å². The molecule has 8 heteroatoms. The number of hydrogen-bond acceptors (Lipinski definition) is 6. The number of oxime groups is 1. The van der Waals surface area contributed by atoms with Crippen molar-refractivity contribution in [2.24, 2.45) is 27.8 Å². The van der Waals surface area contributed by atoms with Crippen molar-refractivity contribution in [1.82, 2.24) is 0 Å². The Morgan fingerprint density at radius 1 is 1.20 bits per heavy atom. The number of nitrogens with zero attached hydrogens (tertiary/aromatic N) is 1. The number of carbonyl (C=O) groups excluding carboxylic acids is 1. The molecule has 0 radical (unpaired) electrons. The zero-order valence-electron chi connectivity index (χ0n) is 20.3. The summed E-state index contributed by atoms with van der Waals surface area (Å²) in [6.07, 6.45) is 10.1. The molecule has 4 aliphatic carbocycles. The first-order chi connectivity index (χ1) is 16.7. The molecular formula is C27H33ClN2O5. The van der Waals surface area contributed by atoms with E-state index in [1.54, 1.807) is 24.3 Å². The van der Waals surface area contributed by atoms with Gasteiger partial charge >= 0.3 is 0 Å². The molecule has 7 atom stereocenters. The number of benzene rings is 1. The van der Waals surface area contributed by atoms with Gasteiger partial charge in [-0.25, -0.2) is 9.78 Å². The van der Waals surface area contributed by atoms with E-state index in [9.17, 15) is 9.90 Å². The second-order valence-corrected chi connectivity index (χ2v) is 12.0. The topological polar surface area (TPSA) is 89.4 Å². The van der Waals surface area contributed by atoms with Gasteiger partial charge < -0.3 is 15.3 Å². The zero-order valence-corrected chi connectivity index (χ0v) is 21.0. The molecule has 1 aromatic carbocycles. The normalized spacial score (nSPS) is 44.5. The first-order valence-electron chi connectivity index (χ1n) is 12.7. The van der Waals surface area contributed by atoms with E-state index < -0.39 is 11.2 Å². The third kappa shape index (κ3) is 3.35. The van der Waals surface area contributed by atoms with Crippen LogP contribution >= 0.6 is 11.6 Å². The summed E-state index contributed by atoms with van der Waals surface area (Å²) in [7, 11) is 0. The largest absolute Gasteiger partial charge is 0.393 e. The van der Waals surface area contributed by atoms with Gasteiger partial charge in [-0.05, 0) is 62.8 Å². The van der Waals surface area contributed by atoms with Crippen LogP contribution in [0.25, 0.3) is 0 Å². The highest BCUT2D eigenvalue weighted by Crippen LogP contribution is 2.70. The lowest BCUT2D eigenvalue weighted by molar-refractivity contribution is -0.496. The number of nitrogens with one attached hydrogen (secondary N) is 1. The number of amides is 1. The van der Waals surface area contributed by atoms with Crippen molar-refractivity contribution in [2.75, 3.05) is 11.9 Å². The van der Waals surface area contributed by atoms with Gasteiger partial charge in [0.2, 0.25) is 0 Å². The molecule has 2 aliphatic heterocycles. The van der Waals surface area contributed by atoms with Crippen molar-refractivity contribution >= 4 is 28.9 Å². The average molecular weight is 501 g/mol. The maximum Gasteiger partial charge on any atom is 0.265 e. The van der Waals surface area contributed by atoms with Crippen LogP contribution in [-0.2, 0) is 19.4 Å². The number of carbonyl (C=O) groups is 1. The molecule has 0 unspecified atom stereocenters. The van der Waals surface area contributed by atoms with E-state index in [-0.39, 0.29) is 35.4 Å². The summed E-state index contributed by atoms with van der Waals surface area (Å²) in [5.41, 5.74) is 0.342. The quantitative estimate of drug-likeness (QED) is 0.343. The maximum absolute atomic E-state index is 12.3. The van der Waals surface area contributed by atoms with Crippen molar-refractivity contribution in [3.05, 3.63) is 41.4 Å². The third-order valence-electron chi connectivity index (χ3n) is 9.84. The predicted octanol–water partition coefficient (Wildman–Crippen LogP) is 5.04. The fourth-order valence-corrected chi connectivity index (χ4v) is 8.17. The SMILES string of the molecule is C[C@]12CC[C@@H]3[C@]4(C=C[C@]5(C[C@@H](O)CC[C@]35C)OO4)[C@@H]1CC/C2=N\OCC(=O)Nc1cccc(Cl)c1. The molecule has 0 aromatic heterocycles. The van der Waals surface area contributed by atoms with Crippen molar-refractivity contribution in [2.45, 2.75) is 76.1 Å². The van der Waals surface area contributed by atoms with E-state index in [2.05, 4.69) is 36.5 Å². The fourth-order valence-electron chi connectivity index (χ4n) is 7.97. The molecule has 35 heavy (non-hydrogen) atoms. The maximum atomic E-state index is 12.3. The first-order valence-corrected chi connectivity index (χ1v) is 13.1. The minimum Gasteiger partial charge on any atom is -0.393 e. The summed E-state index contributed by atoms with van der Waals surface area (Å²) in [5, 5.41) is 18.2. The van der Waals surface area contributed by atoms with Gasteiger partial charge in [0.15, 0.2) is 6.61 Å². The number of hydrogen-bond donors (Lipinski definition) is 2. The van der Waals surface area contributed by atoms with Crippen LogP contribution in [0.3, 0.4) is 0 Å². The summed E-state index contributed by atoms with van der Waals surface area (Å²) >= 11 is 5.99. The second kappa shape index (κ2) is 8.04. The van der Waals surface area contributed by atoms with Gasteiger partial charge in [0.1, 0.15) is 11.2 Å². The van der Waals surface area contributed by atoms with E-state index in [1.165, 1.54) is 0 Å². The van der Waals surface area contributed by atoms with Gasteiger partial charge in [0.25, 0.3) is 5.91 Å². The van der Waals surface area contributed by atoms with E-state index in [4.69, 9.17) is 26.2 Å².